The molecule has 3 N–H and O–H groups in total. The molecule has 4 aliphatic rings. The largest absolute Gasteiger partial charge is 0.393 e. The predicted molar refractivity (Wildman–Crippen MR) is 110 cm³/mol. The summed E-state index contributed by atoms with van der Waals surface area (Å²) in [6.45, 7) is 4.74. The van der Waals surface area contributed by atoms with Gasteiger partial charge in [0.2, 0.25) is 0 Å². The van der Waals surface area contributed by atoms with Crippen LogP contribution in [0, 0.1) is 22.7 Å². The van der Waals surface area contributed by atoms with E-state index in [2.05, 4.69) is 41.2 Å². The Labute approximate surface area is 171 Å². The first-order valence-electron chi connectivity index (χ1n) is 10.7. The average Bonchev–Trinajstić information content (AvgIpc) is 3.28. The molecule has 1 heterocycles. The Morgan fingerprint density at radius 3 is 2.75 bits per heavy atom. The monoisotopic (exact) mass is 401 g/mol. The molecule has 3 fully saturated rings. The molecule has 3 saturated carbocycles. The second kappa shape index (κ2) is 6.44. The Morgan fingerprint density at radius 1 is 1.14 bits per heavy atom. The quantitative estimate of drug-likeness (QED) is 0.670. The van der Waals surface area contributed by atoms with Gasteiger partial charge in [0.1, 0.15) is 6.33 Å². The van der Waals surface area contributed by atoms with E-state index in [1.807, 2.05) is 0 Å². The molecule has 1 aromatic rings. The van der Waals surface area contributed by atoms with Crippen LogP contribution in [0.4, 0.5) is 0 Å². The number of aliphatic hydroxyl groups is 2. The van der Waals surface area contributed by atoms with Gasteiger partial charge in [-0.25, -0.2) is 4.98 Å². The number of allylic oxidation sites excluding steroid dienone is 3. The SMILES string of the molecule is C[C@]12CC[C@H](O)CC1=CC=C1[C@@H]2CC[C@@]2(C)[C@H]1CC[C@@]2(O)CSc1ncn[nH]1. The maximum atomic E-state index is 11.7. The summed E-state index contributed by atoms with van der Waals surface area (Å²) in [6, 6.07) is 0. The lowest BCUT2D eigenvalue weighted by atomic mass is 9.50. The van der Waals surface area contributed by atoms with Crippen LogP contribution >= 0.6 is 11.8 Å². The van der Waals surface area contributed by atoms with E-state index in [-0.39, 0.29) is 16.9 Å². The van der Waals surface area contributed by atoms with Crippen LogP contribution < -0.4 is 0 Å². The molecule has 6 heteroatoms. The summed E-state index contributed by atoms with van der Waals surface area (Å²) in [6.07, 6.45) is 13.0. The van der Waals surface area contributed by atoms with Gasteiger partial charge in [-0.3, -0.25) is 5.10 Å². The van der Waals surface area contributed by atoms with Crippen molar-refractivity contribution >= 4 is 11.8 Å². The number of nitrogens with zero attached hydrogens (tertiary/aromatic N) is 2. The zero-order valence-electron chi connectivity index (χ0n) is 16.8. The van der Waals surface area contributed by atoms with E-state index in [9.17, 15) is 10.2 Å². The molecule has 28 heavy (non-hydrogen) atoms. The Kier molecular flexibility index (Phi) is 4.35. The number of aliphatic hydroxyl groups excluding tert-OH is 1. The maximum absolute atomic E-state index is 11.7. The van der Waals surface area contributed by atoms with Crippen LogP contribution in [-0.4, -0.2) is 42.9 Å². The Balaban J connectivity index is 1.43. The lowest BCUT2D eigenvalue weighted by molar-refractivity contribution is -0.0679. The topological polar surface area (TPSA) is 82.0 Å². The minimum absolute atomic E-state index is 0.0851. The van der Waals surface area contributed by atoms with Gasteiger partial charge in [0, 0.05) is 11.2 Å². The smallest absolute Gasteiger partial charge is 0.183 e. The number of nitrogens with one attached hydrogen (secondary N) is 1. The second-order valence-electron chi connectivity index (χ2n) is 9.88. The summed E-state index contributed by atoms with van der Waals surface area (Å²) in [7, 11) is 0. The highest BCUT2D eigenvalue weighted by atomic mass is 32.2. The molecule has 0 aliphatic heterocycles. The Morgan fingerprint density at radius 2 is 1.96 bits per heavy atom. The molecular weight excluding hydrogens is 370 g/mol. The number of aromatic nitrogens is 3. The highest BCUT2D eigenvalue weighted by molar-refractivity contribution is 7.99. The molecule has 4 aliphatic carbocycles. The van der Waals surface area contributed by atoms with Crippen LogP contribution in [0.1, 0.15) is 58.8 Å². The molecule has 0 bridgehead atoms. The minimum Gasteiger partial charge on any atom is -0.393 e. The molecule has 0 unspecified atom stereocenters. The van der Waals surface area contributed by atoms with E-state index >= 15 is 0 Å². The molecule has 6 atom stereocenters. The van der Waals surface area contributed by atoms with Crippen molar-refractivity contribution in [2.24, 2.45) is 22.7 Å². The first-order valence-corrected chi connectivity index (χ1v) is 11.6. The van der Waals surface area contributed by atoms with Gasteiger partial charge < -0.3 is 10.2 Å². The predicted octanol–water partition coefficient (Wildman–Crippen LogP) is 3.87. The van der Waals surface area contributed by atoms with E-state index in [0.717, 1.165) is 50.1 Å². The molecule has 0 amide bonds. The number of fused-ring (bicyclic) bond motifs is 5. The Bertz CT molecular complexity index is 822. The van der Waals surface area contributed by atoms with Crippen molar-refractivity contribution in [3.05, 3.63) is 29.6 Å². The molecule has 5 rings (SSSR count). The highest BCUT2D eigenvalue weighted by Gasteiger charge is 2.61. The van der Waals surface area contributed by atoms with Crippen LogP contribution in [0.15, 0.2) is 34.8 Å². The summed E-state index contributed by atoms with van der Waals surface area (Å²) in [5.41, 5.74) is 2.45. The summed E-state index contributed by atoms with van der Waals surface area (Å²) in [5, 5.41) is 29.5. The van der Waals surface area contributed by atoms with Crippen molar-refractivity contribution in [2.75, 3.05) is 5.75 Å². The number of aromatic amines is 1. The van der Waals surface area contributed by atoms with Gasteiger partial charge in [0.25, 0.3) is 0 Å². The minimum atomic E-state index is -0.672. The van der Waals surface area contributed by atoms with Crippen LogP contribution in [0.2, 0.25) is 0 Å². The van der Waals surface area contributed by atoms with Gasteiger partial charge in [-0.15, -0.1) is 0 Å². The number of thioether (sulfide) groups is 1. The van der Waals surface area contributed by atoms with Gasteiger partial charge >= 0.3 is 0 Å². The molecule has 0 radical (unpaired) electrons. The fourth-order valence-corrected chi connectivity index (χ4v) is 7.87. The normalized spacial score (nSPS) is 44.9. The summed E-state index contributed by atoms with van der Waals surface area (Å²) in [4.78, 5) is 4.21. The number of hydrogen-bond donors (Lipinski definition) is 3. The van der Waals surface area contributed by atoms with E-state index < -0.39 is 5.60 Å². The fourth-order valence-electron chi connectivity index (χ4n) is 6.78. The van der Waals surface area contributed by atoms with Gasteiger partial charge in [0.05, 0.1) is 11.7 Å². The van der Waals surface area contributed by atoms with E-state index in [4.69, 9.17) is 0 Å². The zero-order valence-corrected chi connectivity index (χ0v) is 17.6. The van der Waals surface area contributed by atoms with Gasteiger partial charge in [-0.05, 0) is 62.2 Å². The second-order valence-corrected chi connectivity index (χ2v) is 10.8. The summed E-state index contributed by atoms with van der Waals surface area (Å²) < 4.78 is 0. The van der Waals surface area contributed by atoms with Crippen LogP contribution in [-0.2, 0) is 0 Å². The van der Waals surface area contributed by atoms with Gasteiger partial charge in [0.15, 0.2) is 5.16 Å². The highest BCUT2D eigenvalue weighted by Crippen LogP contribution is 2.66. The summed E-state index contributed by atoms with van der Waals surface area (Å²) >= 11 is 1.59. The van der Waals surface area contributed by atoms with Crippen molar-refractivity contribution in [3.8, 4) is 0 Å². The maximum Gasteiger partial charge on any atom is 0.183 e. The molecule has 152 valence electrons. The fraction of sp³-hybridized carbons (Fsp3) is 0.727. The molecule has 5 nitrogen and oxygen atoms in total. The zero-order chi connectivity index (χ0) is 19.6. The third-order valence-electron chi connectivity index (χ3n) is 8.71. The number of rotatable bonds is 3. The lowest BCUT2D eigenvalue weighted by Gasteiger charge is -2.56. The molecule has 1 aromatic heterocycles. The van der Waals surface area contributed by atoms with E-state index in [1.54, 1.807) is 17.3 Å². The third kappa shape index (κ3) is 2.60. The van der Waals surface area contributed by atoms with Gasteiger partial charge in [-0.1, -0.05) is 48.9 Å². The van der Waals surface area contributed by atoms with E-state index in [1.165, 1.54) is 11.9 Å². The van der Waals surface area contributed by atoms with Crippen molar-refractivity contribution in [1.82, 2.24) is 15.2 Å². The van der Waals surface area contributed by atoms with Gasteiger partial charge in [-0.2, -0.15) is 5.10 Å². The lowest BCUT2D eigenvalue weighted by Crippen LogP contribution is -2.52. The first kappa shape index (κ1) is 18.9. The standard InChI is InChI=1S/C22H31N3O2S/c1-20-8-5-15(26)11-14(20)3-4-16-17(20)6-9-21(2)18(16)7-10-22(21,27)12-28-19-23-13-24-25-19/h3-4,13,15,17-18,26-27H,5-12H2,1-2H3,(H,23,24,25)/t15-,17-,18-,20-,21-,22+/m0/s1. The average molecular weight is 402 g/mol. The third-order valence-corrected chi connectivity index (χ3v) is 9.80. The Hall–Kier alpha value is -1.11. The van der Waals surface area contributed by atoms with E-state index in [0.29, 0.717) is 17.6 Å². The number of hydrogen-bond acceptors (Lipinski definition) is 5. The van der Waals surface area contributed by atoms with Crippen molar-refractivity contribution in [3.63, 3.8) is 0 Å². The van der Waals surface area contributed by atoms with Crippen LogP contribution in [0.25, 0.3) is 0 Å². The van der Waals surface area contributed by atoms with Crippen LogP contribution in [0.3, 0.4) is 0 Å². The van der Waals surface area contributed by atoms with Crippen molar-refractivity contribution in [1.29, 1.82) is 0 Å². The van der Waals surface area contributed by atoms with Crippen molar-refractivity contribution in [2.45, 2.75) is 75.7 Å². The summed E-state index contributed by atoms with van der Waals surface area (Å²) in [5.74, 6) is 1.69. The number of H-pyrrole nitrogens is 1. The molecule has 0 spiro atoms. The van der Waals surface area contributed by atoms with Crippen molar-refractivity contribution < 1.29 is 10.2 Å². The molecular formula is C22H31N3O2S. The molecule has 0 saturated heterocycles. The first-order chi connectivity index (χ1) is 13.4. The van der Waals surface area contributed by atoms with Crippen LogP contribution in [0.5, 0.6) is 0 Å². The molecule has 0 aromatic carbocycles.